The molecule has 2 rings (SSSR count). The topological polar surface area (TPSA) is 73.0 Å². The molecule has 0 atom stereocenters. The fraction of sp³-hybridized carbons (Fsp3) is 0.357. The number of nitro groups is 1. The lowest BCUT2D eigenvalue weighted by Crippen LogP contribution is -2.12. The maximum Gasteiger partial charge on any atom is 0.272 e. The summed E-state index contributed by atoms with van der Waals surface area (Å²) in [6.07, 6.45) is 1.88. The summed E-state index contributed by atoms with van der Waals surface area (Å²) in [7, 11) is 0. The zero-order valence-corrected chi connectivity index (χ0v) is 11.9. The van der Waals surface area contributed by atoms with E-state index in [1.165, 1.54) is 0 Å². The maximum absolute atomic E-state index is 10.9. The van der Waals surface area contributed by atoms with Gasteiger partial charge >= 0.3 is 0 Å². The molecule has 1 aromatic heterocycles. The van der Waals surface area contributed by atoms with Crippen molar-refractivity contribution in [2.45, 2.75) is 27.3 Å². The Morgan fingerprint density at radius 2 is 2.10 bits per heavy atom. The van der Waals surface area contributed by atoms with E-state index in [-0.39, 0.29) is 10.6 Å². The Balaban J connectivity index is 2.35. The van der Waals surface area contributed by atoms with E-state index in [0.717, 1.165) is 23.5 Å². The number of nitrogens with one attached hydrogen (secondary N) is 1. The zero-order chi connectivity index (χ0) is 14.7. The first kappa shape index (κ1) is 14.2. The van der Waals surface area contributed by atoms with Gasteiger partial charge in [-0.2, -0.15) is 5.10 Å². The van der Waals surface area contributed by atoms with Gasteiger partial charge in [-0.15, -0.1) is 0 Å². The van der Waals surface area contributed by atoms with Gasteiger partial charge in [0, 0.05) is 24.4 Å². The molecular formula is C14H18N4O2. The Morgan fingerprint density at radius 1 is 1.35 bits per heavy atom. The molecule has 1 aromatic carbocycles. The highest BCUT2D eigenvalue weighted by atomic mass is 16.6. The third-order valence-electron chi connectivity index (χ3n) is 3.16. The van der Waals surface area contributed by atoms with E-state index in [0.29, 0.717) is 12.1 Å². The van der Waals surface area contributed by atoms with Crippen LogP contribution >= 0.6 is 0 Å². The average molecular weight is 274 g/mol. The normalized spacial score (nSPS) is 10.8. The standard InChI is InChI=1S/C14H18N4O2/c1-4-15-9-12-5-6-17(16-12)13-7-11(3)14(18(19)20)8-10(13)2/h5-8,15H,4,9H2,1-3H3. The second kappa shape index (κ2) is 5.83. The van der Waals surface area contributed by atoms with Gasteiger partial charge in [0.1, 0.15) is 0 Å². The largest absolute Gasteiger partial charge is 0.311 e. The van der Waals surface area contributed by atoms with E-state index in [4.69, 9.17) is 0 Å². The summed E-state index contributed by atoms with van der Waals surface area (Å²) < 4.78 is 1.76. The molecular weight excluding hydrogens is 256 g/mol. The van der Waals surface area contributed by atoms with Gasteiger partial charge in [0.05, 0.1) is 16.3 Å². The summed E-state index contributed by atoms with van der Waals surface area (Å²) in [5, 5.41) is 18.6. The lowest BCUT2D eigenvalue weighted by molar-refractivity contribution is -0.385. The van der Waals surface area contributed by atoms with Crippen LogP contribution in [-0.4, -0.2) is 21.2 Å². The van der Waals surface area contributed by atoms with E-state index in [1.807, 2.05) is 26.1 Å². The molecule has 0 saturated carbocycles. The summed E-state index contributed by atoms with van der Waals surface area (Å²) in [6.45, 7) is 7.25. The molecule has 20 heavy (non-hydrogen) atoms. The monoisotopic (exact) mass is 274 g/mol. The van der Waals surface area contributed by atoms with Crippen molar-refractivity contribution < 1.29 is 4.92 Å². The van der Waals surface area contributed by atoms with Crippen LogP contribution in [0.5, 0.6) is 0 Å². The predicted molar refractivity (Wildman–Crippen MR) is 77.1 cm³/mol. The second-order valence-corrected chi connectivity index (χ2v) is 4.71. The van der Waals surface area contributed by atoms with Crippen molar-refractivity contribution in [3.8, 4) is 5.69 Å². The number of aromatic nitrogens is 2. The van der Waals surface area contributed by atoms with Crippen molar-refractivity contribution in [1.29, 1.82) is 0 Å². The molecule has 6 nitrogen and oxygen atoms in total. The van der Waals surface area contributed by atoms with E-state index in [1.54, 1.807) is 23.7 Å². The molecule has 0 fully saturated rings. The zero-order valence-electron chi connectivity index (χ0n) is 11.9. The minimum atomic E-state index is -0.355. The number of hydrogen-bond donors (Lipinski definition) is 1. The van der Waals surface area contributed by atoms with Crippen LogP contribution < -0.4 is 5.32 Å². The summed E-state index contributed by atoms with van der Waals surface area (Å²) >= 11 is 0. The summed E-state index contributed by atoms with van der Waals surface area (Å²) in [4.78, 5) is 10.6. The second-order valence-electron chi connectivity index (χ2n) is 4.71. The van der Waals surface area contributed by atoms with Gasteiger partial charge < -0.3 is 5.32 Å². The first-order valence-corrected chi connectivity index (χ1v) is 6.54. The Labute approximate surface area is 117 Å². The molecule has 0 radical (unpaired) electrons. The summed E-state index contributed by atoms with van der Waals surface area (Å²) in [5.41, 5.74) is 3.43. The Bertz CT molecular complexity index is 634. The van der Waals surface area contributed by atoms with Crippen molar-refractivity contribution >= 4 is 5.69 Å². The van der Waals surface area contributed by atoms with Gasteiger partial charge in [-0.05, 0) is 38.1 Å². The van der Waals surface area contributed by atoms with Crippen molar-refractivity contribution in [3.05, 3.63) is 51.3 Å². The lowest BCUT2D eigenvalue weighted by Gasteiger charge is -2.08. The van der Waals surface area contributed by atoms with Crippen LogP contribution in [0.3, 0.4) is 0 Å². The molecule has 6 heteroatoms. The summed E-state index contributed by atoms with van der Waals surface area (Å²) in [5.74, 6) is 0. The smallest absolute Gasteiger partial charge is 0.272 e. The number of aryl methyl sites for hydroxylation is 2. The molecule has 0 amide bonds. The van der Waals surface area contributed by atoms with Gasteiger partial charge in [0.25, 0.3) is 5.69 Å². The van der Waals surface area contributed by atoms with Crippen LogP contribution in [0.2, 0.25) is 0 Å². The van der Waals surface area contributed by atoms with Crippen LogP contribution in [-0.2, 0) is 6.54 Å². The molecule has 0 aliphatic heterocycles. The lowest BCUT2D eigenvalue weighted by atomic mass is 10.1. The highest BCUT2D eigenvalue weighted by Crippen LogP contribution is 2.24. The van der Waals surface area contributed by atoms with Gasteiger partial charge in [0.2, 0.25) is 0 Å². The molecule has 0 aliphatic carbocycles. The van der Waals surface area contributed by atoms with Crippen LogP contribution in [0, 0.1) is 24.0 Å². The van der Waals surface area contributed by atoms with E-state index >= 15 is 0 Å². The molecule has 0 bridgehead atoms. The van der Waals surface area contributed by atoms with Crippen LogP contribution in [0.15, 0.2) is 24.4 Å². The van der Waals surface area contributed by atoms with E-state index < -0.39 is 0 Å². The third-order valence-corrected chi connectivity index (χ3v) is 3.16. The first-order valence-electron chi connectivity index (χ1n) is 6.54. The Morgan fingerprint density at radius 3 is 2.75 bits per heavy atom. The molecule has 0 saturated heterocycles. The van der Waals surface area contributed by atoms with Crippen LogP contribution in [0.4, 0.5) is 5.69 Å². The maximum atomic E-state index is 10.9. The molecule has 0 unspecified atom stereocenters. The molecule has 0 aliphatic rings. The van der Waals surface area contributed by atoms with Crippen molar-refractivity contribution in [2.75, 3.05) is 6.54 Å². The van der Waals surface area contributed by atoms with Crippen molar-refractivity contribution in [3.63, 3.8) is 0 Å². The number of rotatable bonds is 5. The number of nitro benzene ring substituents is 1. The average Bonchev–Trinajstić information content (AvgIpc) is 2.86. The van der Waals surface area contributed by atoms with E-state index in [9.17, 15) is 10.1 Å². The minimum absolute atomic E-state index is 0.145. The fourth-order valence-electron chi connectivity index (χ4n) is 2.07. The van der Waals surface area contributed by atoms with Crippen LogP contribution in [0.25, 0.3) is 5.69 Å². The molecule has 1 heterocycles. The number of benzene rings is 1. The SMILES string of the molecule is CCNCc1ccn(-c2cc(C)c([N+](=O)[O-])cc2C)n1. The Kier molecular flexibility index (Phi) is 4.14. The first-order chi connectivity index (χ1) is 9.52. The molecule has 0 spiro atoms. The van der Waals surface area contributed by atoms with Crippen molar-refractivity contribution in [2.24, 2.45) is 0 Å². The van der Waals surface area contributed by atoms with Gasteiger partial charge in [-0.1, -0.05) is 6.92 Å². The van der Waals surface area contributed by atoms with Crippen LogP contribution in [0.1, 0.15) is 23.7 Å². The predicted octanol–water partition coefficient (Wildman–Crippen LogP) is 2.51. The quantitative estimate of drug-likeness (QED) is 0.671. The van der Waals surface area contributed by atoms with E-state index in [2.05, 4.69) is 10.4 Å². The highest BCUT2D eigenvalue weighted by molar-refractivity contribution is 5.52. The number of hydrogen-bond acceptors (Lipinski definition) is 4. The van der Waals surface area contributed by atoms with Gasteiger partial charge in [0.15, 0.2) is 0 Å². The number of nitrogens with zero attached hydrogens (tertiary/aromatic N) is 3. The third kappa shape index (κ3) is 2.85. The molecule has 1 N–H and O–H groups in total. The summed E-state index contributed by atoms with van der Waals surface area (Å²) in [6, 6.07) is 5.34. The molecule has 106 valence electrons. The Hall–Kier alpha value is -2.21. The minimum Gasteiger partial charge on any atom is -0.311 e. The van der Waals surface area contributed by atoms with Crippen molar-refractivity contribution in [1.82, 2.24) is 15.1 Å². The molecule has 2 aromatic rings. The van der Waals surface area contributed by atoms with Gasteiger partial charge in [-0.3, -0.25) is 10.1 Å². The van der Waals surface area contributed by atoms with Gasteiger partial charge in [-0.25, -0.2) is 4.68 Å². The fourth-order valence-corrected chi connectivity index (χ4v) is 2.07. The highest BCUT2D eigenvalue weighted by Gasteiger charge is 2.14.